The van der Waals surface area contributed by atoms with E-state index in [0.29, 0.717) is 37.7 Å². The molecular weight excluding hydrogens is 414 g/mol. The fourth-order valence-electron chi connectivity index (χ4n) is 3.75. The molecule has 0 saturated carbocycles. The monoisotopic (exact) mass is 444 g/mol. The first-order valence-electron chi connectivity index (χ1n) is 10.2. The highest BCUT2D eigenvalue weighted by atomic mass is 32.2. The molecule has 0 radical (unpaired) electrons. The van der Waals surface area contributed by atoms with Crippen molar-refractivity contribution in [3.05, 3.63) is 41.0 Å². The van der Waals surface area contributed by atoms with E-state index < -0.39 is 41.0 Å². The number of halogens is 2. The number of alkyl halides is 2. The van der Waals surface area contributed by atoms with Crippen molar-refractivity contribution in [2.45, 2.75) is 70.1 Å². The van der Waals surface area contributed by atoms with Gasteiger partial charge in [-0.25, -0.2) is 13.6 Å². The number of rotatable bonds is 11. The van der Waals surface area contributed by atoms with E-state index in [1.165, 1.54) is 12.1 Å². The Morgan fingerprint density at radius 1 is 1.17 bits per heavy atom. The van der Waals surface area contributed by atoms with Crippen molar-refractivity contribution in [1.29, 1.82) is 0 Å². The van der Waals surface area contributed by atoms with Crippen molar-refractivity contribution in [3.8, 4) is 0 Å². The molecule has 5 nitrogen and oxygen atoms in total. The van der Waals surface area contributed by atoms with Crippen LogP contribution in [0.1, 0.15) is 57.9 Å². The Balaban J connectivity index is 2.14. The summed E-state index contributed by atoms with van der Waals surface area (Å²) in [7, 11) is -4.30. The molecule has 0 fully saturated rings. The second-order valence-corrected chi connectivity index (χ2v) is 10.0. The summed E-state index contributed by atoms with van der Waals surface area (Å²) in [4.78, 5) is 11.3. The number of carbonyl (C=O) groups is 1. The lowest BCUT2D eigenvalue weighted by molar-refractivity contribution is -0.132. The number of hydrogen-bond donors (Lipinski definition) is 1. The Morgan fingerprint density at radius 2 is 1.80 bits per heavy atom. The van der Waals surface area contributed by atoms with Crippen molar-refractivity contribution >= 4 is 16.1 Å². The SMILES string of the molecule is Cc1ccc(S(=O)(=O)OCC(F)(F)CC(CCC(C)C)C2=C(C(=O)O)CCC2)cc1. The number of carboxylic acid groups (broad SMARTS) is 1. The molecule has 30 heavy (non-hydrogen) atoms. The zero-order chi connectivity index (χ0) is 22.5. The predicted molar refractivity (Wildman–Crippen MR) is 110 cm³/mol. The van der Waals surface area contributed by atoms with Crippen LogP contribution in [0, 0.1) is 18.8 Å². The summed E-state index contributed by atoms with van der Waals surface area (Å²) >= 11 is 0. The fourth-order valence-corrected chi connectivity index (χ4v) is 4.69. The number of allylic oxidation sites excluding steroid dienone is 1. The molecule has 1 aromatic carbocycles. The zero-order valence-electron chi connectivity index (χ0n) is 17.7. The zero-order valence-corrected chi connectivity index (χ0v) is 18.5. The van der Waals surface area contributed by atoms with Gasteiger partial charge < -0.3 is 5.11 Å². The van der Waals surface area contributed by atoms with E-state index in [4.69, 9.17) is 0 Å². The minimum atomic E-state index is -4.30. The van der Waals surface area contributed by atoms with Gasteiger partial charge in [0, 0.05) is 12.0 Å². The summed E-state index contributed by atoms with van der Waals surface area (Å²) in [6, 6.07) is 5.76. The van der Waals surface area contributed by atoms with Gasteiger partial charge in [0.05, 0.1) is 4.90 Å². The van der Waals surface area contributed by atoms with E-state index in [0.717, 1.165) is 5.56 Å². The molecule has 1 N–H and O–H groups in total. The van der Waals surface area contributed by atoms with Crippen molar-refractivity contribution in [3.63, 3.8) is 0 Å². The lowest BCUT2D eigenvalue weighted by Gasteiger charge is -2.26. The average Bonchev–Trinajstić information content (AvgIpc) is 3.14. The van der Waals surface area contributed by atoms with E-state index >= 15 is 0 Å². The van der Waals surface area contributed by atoms with Gasteiger partial charge >= 0.3 is 5.97 Å². The maximum atomic E-state index is 14.7. The first kappa shape index (κ1) is 24.5. The Hall–Kier alpha value is -1.80. The molecule has 0 spiro atoms. The first-order valence-corrected chi connectivity index (χ1v) is 11.6. The van der Waals surface area contributed by atoms with Crippen molar-refractivity contribution in [2.24, 2.45) is 11.8 Å². The fraction of sp³-hybridized carbons (Fsp3) is 0.591. The molecular formula is C22H30F2O5S. The van der Waals surface area contributed by atoms with Crippen LogP contribution in [0.15, 0.2) is 40.3 Å². The Labute approximate surface area is 177 Å². The summed E-state index contributed by atoms with van der Waals surface area (Å²) < 4.78 is 58.6. The van der Waals surface area contributed by atoms with E-state index in [2.05, 4.69) is 4.18 Å². The van der Waals surface area contributed by atoms with Crippen LogP contribution in [-0.4, -0.2) is 32.0 Å². The van der Waals surface area contributed by atoms with Gasteiger partial charge in [0.25, 0.3) is 16.0 Å². The molecule has 0 amide bonds. The minimum absolute atomic E-state index is 0.174. The van der Waals surface area contributed by atoms with Crippen LogP contribution in [0.25, 0.3) is 0 Å². The van der Waals surface area contributed by atoms with Crippen molar-refractivity contribution in [2.75, 3.05) is 6.61 Å². The highest BCUT2D eigenvalue weighted by molar-refractivity contribution is 7.86. The standard InChI is InChI=1S/C22H30F2O5S/c1-15(2)7-10-17(19-5-4-6-20(19)21(25)26)13-22(23,24)14-29-30(27,28)18-11-8-16(3)9-12-18/h8-9,11-12,15,17H,4-7,10,13-14H2,1-3H3,(H,25,26). The molecule has 168 valence electrons. The maximum absolute atomic E-state index is 14.7. The maximum Gasteiger partial charge on any atom is 0.331 e. The van der Waals surface area contributed by atoms with Crippen LogP contribution >= 0.6 is 0 Å². The van der Waals surface area contributed by atoms with Crippen LogP contribution in [0.3, 0.4) is 0 Å². The van der Waals surface area contributed by atoms with Crippen LogP contribution < -0.4 is 0 Å². The third-order valence-corrected chi connectivity index (χ3v) is 6.66. The number of aryl methyl sites for hydroxylation is 1. The van der Waals surface area contributed by atoms with Crippen LogP contribution in [0.5, 0.6) is 0 Å². The van der Waals surface area contributed by atoms with Gasteiger partial charge in [-0.15, -0.1) is 0 Å². The number of benzene rings is 1. The van der Waals surface area contributed by atoms with Crippen molar-refractivity contribution < 1.29 is 31.3 Å². The molecule has 0 bridgehead atoms. The van der Waals surface area contributed by atoms with Gasteiger partial charge in [-0.05, 0) is 56.6 Å². The Bertz CT molecular complexity index is 873. The highest BCUT2D eigenvalue weighted by Gasteiger charge is 2.38. The molecule has 1 aromatic rings. The average molecular weight is 445 g/mol. The van der Waals surface area contributed by atoms with Crippen LogP contribution in [-0.2, 0) is 19.1 Å². The number of carboxylic acids is 1. The van der Waals surface area contributed by atoms with Crippen LogP contribution in [0.4, 0.5) is 8.78 Å². The van der Waals surface area contributed by atoms with Crippen molar-refractivity contribution in [1.82, 2.24) is 0 Å². The molecule has 1 atom stereocenters. The molecule has 8 heteroatoms. The van der Waals surface area contributed by atoms with Gasteiger partial charge in [0.15, 0.2) is 0 Å². The summed E-state index contributed by atoms with van der Waals surface area (Å²) in [6.45, 7) is 4.48. The third-order valence-electron chi connectivity index (χ3n) is 5.38. The van der Waals surface area contributed by atoms with E-state index in [1.807, 2.05) is 13.8 Å². The van der Waals surface area contributed by atoms with E-state index in [1.54, 1.807) is 19.1 Å². The highest BCUT2D eigenvalue weighted by Crippen LogP contribution is 2.40. The van der Waals surface area contributed by atoms with E-state index in [9.17, 15) is 27.1 Å². The summed E-state index contributed by atoms with van der Waals surface area (Å²) in [6.07, 6.45) is 1.99. The van der Waals surface area contributed by atoms with Gasteiger partial charge in [-0.3, -0.25) is 4.18 Å². The molecule has 1 aliphatic rings. The Kier molecular flexibility index (Phi) is 8.16. The molecule has 0 heterocycles. The number of aliphatic carboxylic acids is 1. The smallest absolute Gasteiger partial charge is 0.331 e. The van der Waals surface area contributed by atoms with Gasteiger partial charge in [0.2, 0.25) is 0 Å². The molecule has 0 aromatic heterocycles. The predicted octanol–water partition coefficient (Wildman–Crippen LogP) is 5.34. The largest absolute Gasteiger partial charge is 0.478 e. The number of hydrogen-bond acceptors (Lipinski definition) is 4. The summed E-state index contributed by atoms with van der Waals surface area (Å²) in [5.41, 5.74) is 1.64. The van der Waals surface area contributed by atoms with Crippen LogP contribution in [0.2, 0.25) is 0 Å². The second kappa shape index (κ2) is 10.0. The lowest BCUT2D eigenvalue weighted by atomic mass is 9.84. The molecule has 1 unspecified atom stereocenters. The van der Waals surface area contributed by atoms with E-state index in [-0.39, 0.29) is 16.4 Å². The topological polar surface area (TPSA) is 80.7 Å². The second-order valence-electron chi connectivity index (χ2n) is 8.42. The van der Waals surface area contributed by atoms with Gasteiger partial charge in [-0.1, -0.05) is 43.5 Å². The molecule has 0 aliphatic heterocycles. The molecule has 1 aliphatic carbocycles. The van der Waals surface area contributed by atoms with Gasteiger partial charge in [-0.2, -0.15) is 8.42 Å². The quantitative estimate of drug-likeness (QED) is 0.466. The lowest BCUT2D eigenvalue weighted by Crippen LogP contribution is -2.30. The Morgan fingerprint density at radius 3 is 2.37 bits per heavy atom. The molecule has 2 rings (SSSR count). The minimum Gasteiger partial charge on any atom is -0.478 e. The molecule has 0 saturated heterocycles. The van der Waals surface area contributed by atoms with Gasteiger partial charge in [0.1, 0.15) is 6.61 Å². The first-order chi connectivity index (χ1) is 13.9. The summed E-state index contributed by atoms with van der Waals surface area (Å²) in [5, 5.41) is 9.41. The third kappa shape index (κ3) is 6.87. The normalized spacial score (nSPS) is 16.3. The summed E-state index contributed by atoms with van der Waals surface area (Å²) in [5.74, 6) is -4.78.